The predicted octanol–water partition coefficient (Wildman–Crippen LogP) is 2.21. The highest BCUT2D eigenvalue weighted by Crippen LogP contribution is 2.21. The molecule has 1 fully saturated rings. The van der Waals surface area contributed by atoms with Gasteiger partial charge in [-0.15, -0.1) is 0 Å². The van der Waals surface area contributed by atoms with Gasteiger partial charge in [0.25, 0.3) is 5.91 Å². The van der Waals surface area contributed by atoms with Gasteiger partial charge < -0.3 is 14.2 Å². The molecule has 1 aromatic heterocycles. The molecule has 2 aromatic rings. The fourth-order valence-corrected chi connectivity index (χ4v) is 2.54. The molecule has 3 rings (SSSR count). The molecule has 1 aliphatic heterocycles. The first-order chi connectivity index (χ1) is 11.6. The van der Waals surface area contributed by atoms with Crippen LogP contribution in [0.15, 0.2) is 41.0 Å². The van der Waals surface area contributed by atoms with Crippen molar-refractivity contribution >= 4 is 18.0 Å². The van der Waals surface area contributed by atoms with Crippen molar-refractivity contribution in [1.29, 1.82) is 0 Å². The number of aromatic nitrogens is 1. The fourth-order valence-electron chi connectivity index (χ4n) is 2.54. The molecular formula is C17H20N4O3. The van der Waals surface area contributed by atoms with Crippen LogP contribution in [0.5, 0.6) is 0 Å². The summed E-state index contributed by atoms with van der Waals surface area (Å²) in [5.41, 5.74) is 1.28. The molecule has 0 bridgehead atoms. The second kappa shape index (κ2) is 6.74. The van der Waals surface area contributed by atoms with E-state index in [4.69, 9.17) is 4.42 Å². The van der Waals surface area contributed by atoms with Crippen LogP contribution in [0.25, 0.3) is 0 Å². The molecule has 0 aliphatic carbocycles. The van der Waals surface area contributed by atoms with Gasteiger partial charge in [0.15, 0.2) is 5.69 Å². The Kier molecular flexibility index (Phi) is 4.50. The minimum Gasteiger partial charge on any atom is -0.431 e. The Balaban J connectivity index is 1.69. The average molecular weight is 328 g/mol. The third-order valence-corrected chi connectivity index (χ3v) is 4.07. The predicted molar refractivity (Wildman–Crippen MR) is 88.7 cm³/mol. The lowest BCUT2D eigenvalue weighted by Crippen LogP contribution is -2.32. The number of nitrogens with zero attached hydrogens (tertiary/aromatic N) is 4. The lowest BCUT2D eigenvalue weighted by molar-refractivity contribution is 0.0796. The maximum absolute atomic E-state index is 12.5. The normalized spacial score (nSPS) is 14.3. The molecule has 1 aromatic carbocycles. The summed E-state index contributed by atoms with van der Waals surface area (Å²) >= 11 is 0. The van der Waals surface area contributed by atoms with Crippen LogP contribution in [0.3, 0.4) is 0 Å². The van der Waals surface area contributed by atoms with Crippen molar-refractivity contribution in [3.8, 4) is 0 Å². The van der Waals surface area contributed by atoms with Gasteiger partial charge in [0.05, 0.1) is 0 Å². The van der Waals surface area contributed by atoms with Crippen LogP contribution in [0.1, 0.15) is 23.0 Å². The molecule has 7 nitrogen and oxygen atoms in total. The molecule has 24 heavy (non-hydrogen) atoms. The van der Waals surface area contributed by atoms with Gasteiger partial charge >= 0.3 is 12.0 Å². The summed E-state index contributed by atoms with van der Waals surface area (Å²) in [5, 5.41) is 0. The van der Waals surface area contributed by atoms with Crippen LogP contribution in [-0.2, 0) is 6.54 Å². The number of carbonyl (C=O) groups excluding carboxylic acids is 2. The van der Waals surface area contributed by atoms with Crippen LogP contribution in [-0.4, -0.2) is 53.4 Å². The molecule has 0 saturated carbocycles. The maximum Gasteiger partial charge on any atom is 0.328 e. The minimum atomic E-state index is -0.222. The smallest absolute Gasteiger partial charge is 0.328 e. The van der Waals surface area contributed by atoms with Crippen molar-refractivity contribution in [3.05, 3.63) is 47.9 Å². The number of hydrogen-bond acceptors (Lipinski definition) is 4. The van der Waals surface area contributed by atoms with Gasteiger partial charge in [-0.25, -0.2) is 9.69 Å². The Morgan fingerprint density at radius 3 is 2.75 bits per heavy atom. The molecule has 1 aliphatic rings. The van der Waals surface area contributed by atoms with Crippen molar-refractivity contribution in [1.82, 2.24) is 14.8 Å². The lowest BCUT2D eigenvalue weighted by atomic mass is 10.2. The van der Waals surface area contributed by atoms with Gasteiger partial charge in [-0.2, -0.15) is 4.98 Å². The number of oxazole rings is 1. The Hall–Kier alpha value is -2.83. The monoisotopic (exact) mass is 328 g/mol. The zero-order chi connectivity index (χ0) is 17.1. The van der Waals surface area contributed by atoms with E-state index >= 15 is 0 Å². The number of benzene rings is 1. The first-order valence-corrected chi connectivity index (χ1v) is 7.91. The Morgan fingerprint density at radius 1 is 1.29 bits per heavy atom. The molecule has 7 heteroatoms. The zero-order valence-corrected chi connectivity index (χ0v) is 13.8. The number of rotatable bonds is 5. The molecule has 3 amide bonds. The number of hydrogen-bond donors (Lipinski definition) is 0. The van der Waals surface area contributed by atoms with E-state index in [-0.39, 0.29) is 23.6 Å². The largest absolute Gasteiger partial charge is 0.431 e. The molecule has 0 unspecified atom stereocenters. The van der Waals surface area contributed by atoms with Gasteiger partial charge in [0.1, 0.15) is 6.26 Å². The van der Waals surface area contributed by atoms with Crippen LogP contribution in [0.4, 0.5) is 10.8 Å². The lowest BCUT2D eigenvalue weighted by Gasteiger charge is -2.16. The van der Waals surface area contributed by atoms with E-state index in [0.717, 1.165) is 5.56 Å². The summed E-state index contributed by atoms with van der Waals surface area (Å²) in [4.78, 5) is 33.5. The summed E-state index contributed by atoms with van der Waals surface area (Å²) in [5.74, 6) is -0.222. The van der Waals surface area contributed by atoms with E-state index in [1.807, 2.05) is 37.3 Å². The summed E-state index contributed by atoms with van der Waals surface area (Å²) in [6.07, 6.45) is 1.30. The molecule has 1 saturated heterocycles. The summed E-state index contributed by atoms with van der Waals surface area (Å²) in [6.45, 7) is 4.08. The van der Waals surface area contributed by atoms with Gasteiger partial charge in [0.2, 0.25) is 0 Å². The number of amides is 3. The van der Waals surface area contributed by atoms with E-state index in [1.165, 1.54) is 16.1 Å². The molecular weight excluding hydrogens is 308 g/mol. The van der Waals surface area contributed by atoms with Gasteiger partial charge in [0, 0.05) is 33.2 Å². The Morgan fingerprint density at radius 2 is 2.04 bits per heavy atom. The molecule has 126 valence electrons. The highest BCUT2D eigenvalue weighted by molar-refractivity contribution is 5.94. The first kappa shape index (κ1) is 16.0. The highest BCUT2D eigenvalue weighted by atomic mass is 16.4. The van der Waals surface area contributed by atoms with Crippen molar-refractivity contribution in [2.24, 2.45) is 0 Å². The topological polar surface area (TPSA) is 69.9 Å². The third kappa shape index (κ3) is 3.10. The Labute approximate surface area is 140 Å². The second-order valence-corrected chi connectivity index (χ2v) is 5.68. The van der Waals surface area contributed by atoms with Crippen LogP contribution >= 0.6 is 0 Å². The van der Waals surface area contributed by atoms with Crippen molar-refractivity contribution < 1.29 is 14.0 Å². The van der Waals surface area contributed by atoms with E-state index in [1.54, 1.807) is 11.9 Å². The summed E-state index contributed by atoms with van der Waals surface area (Å²) in [6, 6.07) is 9.82. The minimum absolute atomic E-state index is 0.163. The zero-order valence-electron chi connectivity index (χ0n) is 13.8. The number of urea groups is 1. The van der Waals surface area contributed by atoms with Crippen molar-refractivity contribution in [2.45, 2.75) is 13.5 Å². The summed E-state index contributed by atoms with van der Waals surface area (Å²) in [7, 11) is 1.69. The molecule has 0 N–H and O–H groups in total. The molecule has 0 radical (unpaired) electrons. The highest BCUT2D eigenvalue weighted by Gasteiger charge is 2.33. The quantitative estimate of drug-likeness (QED) is 0.844. The second-order valence-electron chi connectivity index (χ2n) is 5.68. The number of carbonyl (C=O) groups is 2. The van der Waals surface area contributed by atoms with Gasteiger partial charge in [-0.1, -0.05) is 30.3 Å². The van der Waals surface area contributed by atoms with Crippen LogP contribution in [0.2, 0.25) is 0 Å². The van der Waals surface area contributed by atoms with Crippen LogP contribution < -0.4 is 4.90 Å². The molecule has 2 heterocycles. The van der Waals surface area contributed by atoms with E-state index in [2.05, 4.69) is 4.98 Å². The third-order valence-electron chi connectivity index (χ3n) is 4.07. The van der Waals surface area contributed by atoms with Crippen molar-refractivity contribution in [3.63, 3.8) is 0 Å². The maximum atomic E-state index is 12.5. The Bertz CT molecular complexity index is 728. The van der Waals surface area contributed by atoms with Gasteiger partial charge in [-0.3, -0.25) is 4.79 Å². The average Bonchev–Trinajstić information content (AvgIpc) is 3.22. The van der Waals surface area contributed by atoms with E-state index < -0.39 is 0 Å². The SMILES string of the molecule is CCN(C)C(=O)c1coc(N2CCN(Cc3ccccc3)C2=O)n1. The fraction of sp³-hybridized carbons (Fsp3) is 0.353. The van der Waals surface area contributed by atoms with Crippen LogP contribution in [0, 0.1) is 0 Å². The van der Waals surface area contributed by atoms with Gasteiger partial charge in [-0.05, 0) is 12.5 Å². The summed E-state index contributed by atoms with van der Waals surface area (Å²) < 4.78 is 5.35. The molecule has 0 spiro atoms. The van der Waals surface area contributed by atoms with Crippen molar-refractivity contribution in [2.75, 3.05) is 31.6 Å². The standard InChI is InChI=1S/C17H20N4O3/c1-3-19(2)15(22)14-12-24-16(18-14)21-10-9-20(17(21)23)11-13-7-5-4-6-8-13/h4-8,12H,3,9-11H2,1-2H3. The van der Waals surface area contributed by atoms with E-state index in [0.29, 0.717) is 26.2 Å². The first-order valence-electron chi connectivity index (χ1n) is 7.91. The number of anilines is 1. The molecule has 0 atom stereocenters. The van der Waals surface area contributed by atoms with E-state index in [9.17, 15) is 9.59 Å².